The van der Waals surface area contributed by atoms with E-state index in [0.29, 0.717) is 36.3 Å². The van der Waals surface area contributed by atoms with Gasteiger partial charge in [0.25, 0.3) is 17.7 Å². The summed E-state index contributed by atoms with van der Waals surface area (Å²) in [4.78, 5) is 81.6. The molecule has 0 spiro atoms. The van der Waals surface area contributed by atoms with Gasteiger partial charge < -0.3 is 31.1 Å². The van der Waals surface area contributed by atoms with Crippen molar-refractivity contribution in [2.45, 2.75) is 78.8 Å². The van der Waals surface area contributed by atoms with Crippen LogP contribution in [0.3, 0.4) is 0 Å². The zero-order chi connectivity index (χ0) is 40.6. The molecule has 0 saturated heterocycles. The molecule has 4 rings (SSSR count). The third-order valence-corrected chi connectivity index (χ3v) is 9.91. The van der Waals surface area contributed by atoms with Crippen LogP contribution in [0.4, 0.5) is 11.4 Å². The van der Waals surface area contributed by atoms with E-state index in [1.54, 1.807) is 48.6 Å². The largest absolute Gasteiger partial charge is 0.352 e. The van der Waals surface area contributed by atoms with Crippen molar-refractivity contribution in [1.82, 2.24) is 20.4 Å². The number of ketones is 2. The second-order valence-corrected chi connectivity index (χ2v) is 14.0. The Balaban J connectivity index is 1.39. The summed E-state index contributed by atoms with van der Waals surface area (Å²) in [5.41, 5.74) is 3.35. The minimum Gasteiger partial charge on any atom is -0.352 e. The first-order chi connectivity index (χ1) is 26.9. The van der Waals surface area contributed by atoms with Gasteiger partial charge in [0.05, 0.1) is 12.5 Å². The molecule has 0 fully saturated rings. The van der Waals surface area contributed by atoms with E-state index in [1.165, 1.54) is 13.0 Å². The number of hydrogen-bond acceptors (Lipinski definition) is 10. The number of benzene rings is 2. The maximum Gasteiger partial charge on any atom is 0.255 e. The summed E-state index contributed by atoms with van der Waals surface area (Å²) in [6.07, 6.45) is 6.99. The van der Waals surface area contributed by atoms with Crippen LogP contribution >= 0.6 is 0 Å². The molecule has 2 aromatic rings. The molecule has 0 aromatic heterocycles. The normalized spacial score (nSPS) is 15.4. The zero-order valence-electron chi connectivity index (χ0n) is 33.3. The lowest BCUT2D eigenvalue weighted by atomic mass is 9.99. The number of carbonyl (C=O) groups excluding carboxylic acids is 6. The number of carbonyl (C=O) groups is 6. The van der Waals surface area contributed by atoms with E-state index in [-0.39, 0.29) is 41.7 Å². The van der Waals surface area contributed by atoms with Crippen molar-refractivity contribution in [1.29, 1.82) is 0 Å². The summed E-state index contributed by atoms with van der Waals surface area (Å²) in [5, 5.41) is 19.8. The van der Waals surface area contributed by atoms with Gasteiger partial charge in [0, 0.05) is 47.6 Å². The van der Waals surface area contributed by atoms with E-state index in [0.717, 1.165) is 63.4 Å². The van der Waals surface area contributed by atoms with Crippen molar-refractivity contribution in [2.24, 2.45) is 10.2 Å². The molecule has 14 heteroatoms. The molecule has 1 aliphatic carbocycles. The molecule has 1 heterocycles. The number of fused-ring (bicyclic) bond motifs is 1. The van der Waals surface area contributed by atoms with Gasteiger partial charge in [-0.15, -0.1) is 0 Å². The Morgan fingerprint density at radius 1 is 0.839 bits per heavy atom. The number of amides is 4. The van der Waals surface area contributed by atoms with Crippen LogP contribution < -0.4 is 21.3 Å². The van der Waals surface area contributed by atoms with Gasteiger partial charge in [-0.25, -0.2) is 0 Å². The first-order valence-electron chi connectivity index (χ1n) is 19.6. The van der Waals surface area contributed by atoms with Crippen molar-refractivity contribution >= 4 is 46.6 Å². The molecule has 14 nitrogen and oxygen atoms in total. The summed E-state index contributed by atoms with van der Waals surface area (Å²) < 4.78 is 0. The molecule has 4 amide bonds. The smallest absolute Gasteiger partial charge is 0.255 e. The fourth-order valence-corrected chi connectivity index (χ4v) is 6.54. The minimum absolute atomic E-state index is 0.0327. The third kappa shape index (κ3) is 12.9. The molecule has 2 aromatic carbocycles. The highest BCUT2D eigenvalue weighted by molar-refractivity contribution is 6.08. The van der Waals surface area contributed by atoms with Crippen molar-refractivity contribution in [3.63, 3.8) is 0 Å². The van der Waals surface area contributed by atoms with E-state index in [1.807, 2.05) is 0 Å². The number of anilines is 2. The maximum absolute atomic E-state index is 13.4. The Morgan fingerprint density at radius 2 is 1.45 bits per heavy atom. The quantitative estimate of drug-likeness (QED) is 0.0767. The second kappa shape index (κ2) is 21.7. The summed E-state index contributed by atoms with van der Waals surface area (Å²) in [5.74, 6) is -2.07. The zero-order valence-corrected chi connectivity index (χ0v) is 33.3. The lowest BCUT2D eigenvalue weighted by Crippen LogP contribution is -2.31. The Hall–Kier alpha value is -5.34. The molecule has 4 N–H and O–H groups in total. The molecule has 300 valence electrons. The highest BCUT2D eigenvalue weighted by Crippen LogP contribution is 2.25. The summed E-state index contributed by atoms with van der Waals surface area (Å²) in [7, 11) is 0. The average molecular weight is 769 g/mol. The highest BCUT2D eigenvalue weighted by Gasteiger charge is 2.25. The summed E-state index contributed by atoms with van der Waals surface area (Å²) in [6.45, 7) is 16.0. The number of nitrogens with one attached hydrogen (secondary N) is 4. The lowest BCUT2D eigenvalue weighted by molar-refractivity contribution is -0.127. The van der Waals surface area contributed by atoms with Gasteiger partial charge in [0.15, 0.2) is 17.6 Å². The molecule has 2 aliphatic rings. The van der Waals surface area contributed by atoms with Gasteiger partial charge in [0.2, 0.25) is 5.91 Å². The fourth-order valence-electron chi connectivity index (χ4n) is 6.54. The van der Waals surface area contributed by atoms with Gasteiger partial charge in [-0.05, 0) is 101 Å². The number of nitrogens with zero attached hydrogens (tertiary/aromatic N) is 4. The number of Topliss-reactive ketones (excluding diaryl/α,β-unsaturated/α-hetero) is 2. The first kappa shape index (κ1) is 43.4. The van der Waals surface area contributed by atoms with Crippen LogP contribution in [0.5, 0.6) is 0 Å². The van der Waals surface area contributed by atoms with Gasteiger partial charge >= 0.3 is 0 Å². The van der Waals surface area contributed by atoms with Crippen LogP contribution in [0.1, 0.15) is 85.7 Å². The predicted octanol–water partition coefficient (Wildman–Crippen LogP) is 4.52. The number of azo groups is 1. The van der Waals surface area contributed by atoms with Crippen LogP contribution in [0.2, 0.25) is 0 Å². The molecular weight excluding hydrogens is 713 g/mol. The molecule has 2 atom stereocenters. The van der Waals surface area contributed by atoms with Crippen LogP contribution in [-0.2, 0) is 32.0 Å². The van der Waals surface area contributed by atoms with E-state index in [4.69, 9.17) is 0 Å². The number of hydrogen-bond donors (Lipinski definition) is 4. The lowest BCUT2D eigenvalue weighted by Gasteiger charge is -2.18. The van der Waals surface area contributed by atoms with Crippen molar-refractivity contribution in [3.8, 4) is 0 Å². The minimum atomic E-state index is -1.27. The maximum atomic E-state index is 13.4. The monoisotopic (exact) mass is 768 g/mol. The summed E-state index contributed by atoms with van der Waals surface area (Å²) in [6, 6.07) is 8.14. The predicted molar refractivity (Wildman–Crippen MR) is 217 cm³/mol. The topological polar surface area (TPSA) is 182 Å². The molecule has 2 unspecified atom stereocenters. The van der Waals surface area contributed by atoms with Crippen LogP contribution in [0.15, 0.2) is 70.4 Å². The van der Waals surface area contributed by atoms with E-state index in [9.17, 15) is 28.8 Å². The van der Waals surface area contributed by atoms with Crippen LogP contribution in [-0.4, -0.2) is 109 Å². The molecule has 0 bridgehead atoms. The Kier molecular flexibility index (Phi) is 16.8. The van der Waals surface area contributed by atoms with E-state index >= 15 is 0 Å². The Labute approximate surface area is 329 Å². The van der Waals surface area contributed by atoms with Crippen molar-refractivity contribution < 1.29 is 28.8 Å². The van der Waals surface area contributed by atoms with Crippen LogP contribution in [0.25, 0.3) is 0 Å². The standard InChI is InChI=1S/C42H56N8O6/c1-6-49(7-2)20-10-18-43-40(54)32-24-33(41(55)44-19-11-21-50(8-3)9-4)26-35(25-32)45-42(56)30-13-15-34(16-14-30)47-48-39(28(5)51)37(52)23-29-12-17-36-31(22-29)27-38(53)46-36/h12-15,17,22,24-26,34,39H,6-11,16,18-21,23,27H2,1-5H3,(H,43,54)(H,44,55)(H,45,56)(H,46,53). The van der Waals surface area contributed by atoms with Gasteiger partial charge in [-0.2, -0.15) is 10.2 Å². The fraction of sp³-hybridized carbons (Fsp3) is 0.476. The van der Waals surface area contributed by atoms with E-state index < -0.39 is 29.6 Å². The highest BCUT2D eigenvalue weighted by atomic mass is 16.2. The Morgan fingerprint density at radius 3 is 1.98 bits per heavy atom. The van der Waals surface area contributed by atoms with Gasteiger partial charge in [0.1, 0.15) is 0 Å². The summed E-state index contributed by atoms with van der Waals surface area (Å²) >= 11 is 0. The number of rotatable bonds is 22. The van der Waals surface area contributed by atoms with Crippen LogP contribution in [0, 0.1) is 0 Å². The second-order valence-electron chi connectivity index (χ2n) is 14.0. The molecular formula is C42H56N8O6. The molecule has 0 radical (unpaired) electrons. The van der Waals surface area contributed by atoms with Crippen molar-refractivity contribution in [3.05, 3.63) is 82.5 Å². The SMILES string of the molecule is CCN(CC)CCCNC(=O)c1cc(NC(=O)C2=CCC(N=NC(C(C)=O)C(=O)Cc3ccc4c(c3)CC(=O)N4)C=C2)cc(C(=O)NCCCN(CC)CC)c1. The van der Waals surface area contributed by atoms with Crippen molar-refractivity contribution in [2.75, 3.05) is 63.0 Å². The third-order valence-electron chi connectivity index (χ3n) is 9.91. The molecule has 0 saturated carbocycles. The first-order valence-corrected chi connectivity index (χ1v) is 19.6. The van der Waals surface area contributed by atoms with E-state index in [2.05, 4.69) is 69.0 Å². The van der Waals surface area contributed by atoms with Gasteiger partial charge in [-0.1, -0.05) is 58.1 Å². The molecule has 1 aliphatic heterocycles. The molecule has 56 heavy (non-hydrogen) atoms. The Bertz CT molecular complexity index is 1800. The average Bonchev–Trinajstić information content (AvgIpc) is 3.57. The van der Waals surface area contributed by atoms with Gasteiger partial charge in [-0.3, -0.25) is 28.8 Å².